The second kappa shape index (κ2) is 4.94. The van der Waals surface area contributed by atoms with Crippen LogP contribution >= 0.6 is 0 Å². The van der Waals surface area contributed by atoms with E-state index in [9.17, 15) is 0 Å². The van der Waals surface area contributed by atoms with Crippen molar-refractivity contribution in [3.05, 3.63) is 30.1 Å². The lowest BCUT2D eigenvalue weighted by Gasteiger charge is -1.93. The van der Waals surface area contributed by atoms with Gasteiger partial charge in [-0.15, -0.1) is 0 Å². The number of aromatic nitrogens is 2. The van der Waals surface area contributed by atoms with Crippen molar-refractivity contribution < 1.29 is 0 Å². The van der Waals surface area contributed by atoms with Crippen LogP contribution in [0.1, 0.15) is 5.82 Å². The first kappa shape index (κ1) is 11.7. The fourth-order valence-electron chi connectivity index (χ4n) is 1.27. The molecule has 0 saturated heterocycles. The summed E-state index contributed by atoms with van der Waals surface area (Å²) >= 11 is 0. The van der Waals surface area contributed by atoms with Crippen molar-refractivity contribution in [2.75, 3.05) is 21.1 Å². The molecule has 2 aromatic rings. The third-order valence-corrected chi connectivity index (χ3v) is 2.01. The molecule has 82 valence electrons. The minimum Gasteiger partial charge on any atom is -0.331 e. The maximum Gasteiger partial charge on any atom is 0.106 e. The average Bonchev–Trinajstić information content (AvgIpc) is 2.43. The molecule has 1 aromatic heterocycles. The van der Waals surface area contributed by atoms with Crippen molar-refractivity contribution in [1.82, 2.24) is 14.5 Å². The van der Waals surface area contributed by atoms with E-state index in [1.54, 1.807) is 0 Å². The van der Waals surface area contributed by atoms with Gasteiger partial charge in [-0.05, 0) is 40.2 Å². The molecule has 0 N–H and O–H groups in total. The van der Waals surface area contributed by atoms with Crippen molar-refractivity contribution in [3.8, 4) is 0 Å². The molecule has 0 amide bonds. The summed E-state index contributed by atoms with van der Waals surface area (Å²) in [4.78, 5) is 6.38. The van der Waals surface area contributed by atoms with Crippen LogP contribution in [0, 0.1) is 6.92 Å². The predicted octanol–water partition coefficient (Wildman–Crippen LogP) is 2.06. The fraction of sp³-hybridized carbons (Fsp3) is 0.417. The SMILES string of the molecule is CN(C)C.Cc1nc2ccccc2n1C. The summed E-state index contributed by atoms with van der Waals surface area (Å²) in [5.41, 5.74) is 2.28. The maximum atomic E-state index is 4.38. The molecule has 0 spiro atoms. The molecule has 0 saturated carbocycles. The first-order valence-corrected chi connectivity index (χ1v) is 5.01. The molecule has 2 rings (SSSR count). The van der Waals surface area contributed by atoms with Crippen molar-refractivity contribution in [2.45, 2.75) is 6.92 Å². The minimum atomic E-state index is 1.06. The van der Waals surface area contributed by atoms with Gasteiger partial charge in [-0.2, -0.15) is 0 Å². The number of nitrogens with zero attached hydrogens (tertiary/aromatic N) is 3. The maximum absolute atomic E-state index is 4.38. The molecule has 0 fully saturated rings. The second-order valence-corrected chi connectivity index (χ2v) is 4.05. The van der Waals surface area contributed by atoms with Gasteiger partial charge in [-0.1, -0.05) is 12.1 Å². The Balaban J connectivity index is 0.000000245. The van der Waals surface area contributed by atoms with Crippen molar-refractivity contribution in [3.63, 3.8) is 0 Å². The van der Waals surface area contributed by atoms with Crippen LogP contribution in [0.4, 0.5) is 0 Å². The number of rotatable bonds is 0. The van der Waals surface area contributed by atoms with Crippen LogP contribution in [0.15, 0.2) is 24.3 Å². The van der Waals surface area contributed by atoms with Gasteiger partial charge in [-0.3, -0.25) is 0 Å². The van der Waals surface area contributed by atoms with Gasteiger partial charge in [0.05, 0.1) is 11.0 Å². The van der Waals surface area contributed by atoms with Crippen LogP contribution in [-0.4, -0.2) is 35.6 Å². The van der Waals surface area contributed by atoms with Gasteiger partial charge in [0.25, 0.3) is 0 Å². The number of para-hydroxylation sites is 2. The molecule has 15 heavy (non-hydrogen) atoms. The van der Waals surface area contributed by atoms with Crippen molar-refractivity contribution in [1.29, 1.82) is 0 Å². The molecular weight excluding hydrogens is 186 g/mol. The standard InChI is InChI=1S/C9H10N2.C3H9N/c1-7-10-8-5-3-4-6-9(8)11(7)2;1-4(2)3/h3-6H,1-2H3;1-3H3. The molecule has 1 aromatic carbocycles. The minimum absolute atomic E-state index is 1.06. The average molecular weight is 205 g/mol. The Bertz CT molecular complexity index is 427. The van der Waals surface area contributed by atoms with E-state index in [0.717, 1.165) is 11.3 Å². The third kappa shape index (κ3) is 3.06. The molecule has 0 aliphatic rings. The van der Waals surface area contributed by atoms with Crippen LogP contribution in [0.25, 0.3) is 11.0 Å². The monoisotopic (exact) mass is 205 g/mol. The lowest BCUT2D eigenvalue weighted by Crippen LogP contribution is -1.99. The summed E-state index contributed by atoms with van der Waals surface area (Å²) in [5.74, 6) is 1.06. The largest absolute Gasteiger partial charge is 0.331 e. The summed E-state index contributed by atoms with van der Waals surface area (Å²) in [6.45, 7) is 2.01. The van der Waals surface area contributed by atoms with E-state index < -0.39 is 0 Å². The second-order valence-electron chi connectivity index (χ2n) is 4.05. The first-order chi connectivity index (χ1) is 7.02. The number of aryl methyl sites for hydroxylation is 2. The summed E-state index contributed by atoms with van der Waals surface area (Å²) in [7, 11) is 8.03. The normalized spacial score (nSPS) is 10.3. The van der Waals surface area contributed by atoms with E-state index in [2.05, 4.69) is 15.6 Å². The summed E-state index contributed by atoms with van der Waals surface area (Å²) in [5, 5.41) is 0. The van der Waals surface area contributed by atoms with Crippen LogP contribution in [0.3, 0.4) is 0 Å². The summed E-state index contributed by atoms with van der Waals surface area (Å²) in [6.07, 6.45) is 0. The molecular formula is C12H19N3. The van der Waals surface area contributed by atoms with Gasteiger partial charge in [0.1, 0.15) is 5.82 Å². The zero-order valence-electron chi connectivity index (χ0n) is 10.2. The molecule has 0 unspecified atom stereocenters. The highest BCUT2D eigenvalue weighted by Crippen LogP contribution is 2.12. The number of benzene rings is 1. The van der Waals surface area contributed by atoms with E-state index in [0.29, 0.717) is 0 Å². The lowest BCUT2D eigenvalue weighted by atomic mass is 10.3. The zero-order chi connectivity index (χ0) is 11.4. The molecule has 0 radical (unpaired) electrons. The van der Waals surface area contributed by atoms with Gasteiger partial charge in [0.15, 0.2) is 0 Å². The number of hydrogen-bond donors (Lipinski definition) is 0. The Hall–Kier alpha value is -1.35. The van der Waals surface area contributed by atoms with E-state index in [1.165, 1.54) is 5.52 Å². The quantitative estimate of drug-likeness (QED) is 0.656. The smallest absolute Gasteiger partial charge is 0.106 e. The van der Waals surface area contributed by atoms with E-state index >= 15 is 0 Å². The molecule has 0 aliphatic heterocycles. The van der Waals surface area contributed by atoms with Crippen molar-refractivity contribution in [2.24, 2.45) is 7.05 Å². The predicted molar refractivity (Wildman–Crippen MR) is 65.1 cm³/mol. The van der Waals surface area contributed by atoms with E-state index in [1.807, 2.05) is 58.2 Å². The molecule has 3 nitrogen and oxygen atoms in total. The highest BCUT2D eigenvalue weighted by Gasteiger charge is 2.00. The topological polar surface area (TPSA) is 21.1 Å². The van der Waals surface area contributed by atoms with E-state index in [-0.39, 0.29) is 0 Å². The lowest BCUT2D eigenvalue weighted by molar-refractivity contribution is 0.505. The Kier molecular flexibility index (Phi) is 3.86. The Morgan fingerprint density at radius 2 is 1.67 bits per heavy atom. The highest BCUT2D eigenvalue weighted by molar-refractivity contribution is 5.75. The first-order valence-electron chi connectivity index (χ1n) is 5.01. The van der Waals surface area contributed by atoms with Gasteiger partial charge in [0.2, 0.25) is 0 Å². The Labute approximate surface area is 91.3 Å². The molecule has 1 heterocycles. The van der Waals surface area contributed by atoms with Crippen molar-refractivity contribution >= 4 is 11.0 Å². The third-order valence-electron chi connectivity index (χ3n) is 2.01. The van der Waals surface area contributed by atoms with Gasteiger partial charge >= 0.3 is 0 Å². The number of fused-ring (bicyclic) bond motifs is 1. The highest BCUT2D eigenvalue weighted by atomic mass is 15.0. The summed E-state index contributed by atoms with van der Waals surface area (Å²) in [6, 6.07) is 8.15. The molecule has 0 aliphatic carbocycles. The van der Waals surface area contributed by atoms with E-state index in [4.69, 9.17) is 0 Å². The van der Waals surface area contributed by atoms with Crippen LogP contribution in [-0.2, 0) is 7.05 Å². The molecule has 0 atom stereocenters. The fourth-order valence-corrected chi connectivity index (χ4v) is 1.27. The number of imidazole rings is 1. The van der Waals surface area contributed by atoms with Gasteiger partial charge < -0.3 is 9.47 Å². The Morgan fingerprint density at radius 1 is 1.13 bits per heavy atom. The van der Waals surface area contributed by atoms with Crippen LogP contribution in [0.2, 0.25) is 0 Å². The van der Waals surface area contributed by atoms with Crippen LogP contribution in [0.5, 0.6) is 0 Å². The Morgan fingerprint density at radius 3 is 2.20 bits per heavy atom. The van der Waals surface area contributed by atoms with Gasteiger partial charge in [-0.25, -0.2) is 4.98 Å². The molecule has 0 bridgehead atoms. The molecule has 3 heteroatoms. The van der Waals surface area contributed by atoms with Crippen LogP contribution < -0.4 is 0 Å². The number of hydrogen-bond acceptors (Lipinski definition) is 2. The summed E-state index contributed by atoms with van der Waals surface area (Å²) < 4.78 is 2.09. The zero-order valence-corrected chi connectivity index (χ0v) is 10.2. The van der Waals surface area contributed by atoms with Gasteiger partial charge in [0, 0.05) is 7.05 Å².